The van der Waals surface area contributed by atoms with Gasteiger partial charge in [0.1, 0.15) is 11.4 Å². The van der Waals surface area contributed by atoms with Crippen molar-refractivity contribution >= 4 is 11.4 Å². The number of hydrogen-bond acceptors (Lipinski definition) is 2. The second-order valence-electron chi connectivity index (χ2n) is 7.29. The lowest BCUT2D eigenvalue weighted by atomic mass is 9.77. The monoisotopic (exact) mass is 431 g/mol. The molecule has 3 heteroatoms. The van der Waals surface area contributed by atoms with Gasteiger partial charge in [-0.15, -0.1) is 0 Å². The molecule has 0 aliphatic rings. The Hall–Kier alpha value is -2.00. The number of quaternary nitrogens is 1. The van der Waals surface area contributed by atoms with E-state index in [2.05, 4.69) is 76.1 Å². The van der Waals surface area contributed by atoms with Gasteiger partial charge in [-0.05, 0) is 56.7 Å². The Morgan fingerprint density at radius 2 is 1.39 bits per heavy atom. The number of phenols is 1. The normalized spacial score (nSPS) is 9.90. The molecule has 0 radical (unpaired) electrons. The van der Waals surface area contributed by atoms with Gasteiger partial charge in [0, 0.05) is 30.4 Å². The summed E-state index contributed by atoms with van der Waals surface area (Å²) in [7, 11) is 2.12. The van der Waals surface area contributed by atoms with Crippen molar-refractivity contribution in [3.8, 4) is 5.75 Å². The molecule has 3 N–H and O–H groups in total. The van der Waals surface area contributed by atoms with Crippen LogP contribution in [-0.4, -0.2) is 25.2 Å². The van der Waals surface area contributed by atoms with Gasteiger partial charge in [-0.2, -0.15) is 0 Å². The number of nitrogens with two attached hydrogens (primary N) is 1. The van der Waals surface area contributed by atoms with Crippen LogP contribution in [0.5, 0.6) is 5.75 Å². The molecule has 0 fully saturated rings. The largest absolute Gasteiger partial charge is 0.508 e. The second kappa shape index (κ2) is 17.7. The smallest absolute Gasteiger partial charge is 0.133 e. The highest BCUT2D eigenvalue weighted by molar-refractivity contribution is 5.52. The summed E-state index contributed by atoms with van der Waals surface area (Å²) in [5.41, 5.74) is 5.23. The number of aromatic hydroxyl groups is 1. The Morgan fingerprint density at radius 1 is 0.871 bits per heavy atom. The van der Waals surface area contributed by atoms with Gasteiger partial charge >= 0.3 is 0 Å². The molecule has 2 rings (SSSR count). The highest BCUT2D eigenvalue weighted by Gasteiger charge is 2.26. The molecule has 2 aromatic rings. The minimum absolute atomic E-state index is 0.336. The first-order valence-corrected chi connectivity index (χ1v) is 12.3. The first-order valence-electron chi connectivity index (χ1n) is 12.3. The molecule has 0 spiro atoms. The zero-order valence-electron chi connectivity index (χ0n) is 22.3. The van der Waals surface area contributed by atoms with Gasteiger partial charge in [-0.3, -0.25) is 0 Å². The molecule has 0 aromatic heterocycles. The van der Waals surface area contributed by atoms with Crippen LogP contribution < -0.4 is 10.2 Å². The van der Waals surface area contributed by atoms with E-state index in [1.54, 1.807) is 0 Å². The van der Waals surface area contributed by atoms with Gasteiger partial charge < -0.3 is 15.3 Å². The summed E-state index contributed by atoms with van der Waals surface area (Å²) in [4.78, 5) is 2.21. The van der Waals surface area contributed by atoms with Crippen molar-refractivity contribution in [1.82, 2.24) is 0 Å². The van der Waals surface area contributed by atoms with E-state index in [0.717, 1.165) is 24.3 Å². The maximum atomic E-state index is 9.51. The van der Waals surface area contributed by atoms with Crippen molar-refractivity contribution in [2.45, 2.75) is 87.5 Å². The summed E-state index contributed by atoms with van der Waals surface area (Å²) in [6.45, 7) is 23.0. The SMILES string of the molecule is CC.CC.CCC(C)(CC)c1ccccc1[NH2+]C.CCN(CC)c1ccc(C)c(O)c1. The molecule has 2 aromatic carbocycles. The fraction of sp³-hybridized carbons (Fsp3) is 0.571. The molecule has 0 aliphatic heterocycles. The fourth-order valence-corrected chi connectivity index (χ4v) is 3.31. The Kier molecular flexibility index (Phi) is 17.8. The fourth-order valence-electron chi connectivity index (χ4n) is 3.31. The van der Waals surface area contributed by atoms with Gasteiger partial charge in [0.15, 0.2) is 0 Å². The predicted octanol–water partition coefficient (Wildman–Crippen LogP) is 7.19. The van der Waals surface area contributed by atoms with E-state index in [0.29, 0.717) is 11.2 Å². The van der Waals surface area contributed by atoms with Crippen LogP contribution in [0.1, 0.15) is 86.3 Å². The van der Waals surface area contributed by atoms with Crippen LogP contribution in [0, 0.1) is 6.92 Å². The molecule has 0 amide bonds. The molecular formula is C28H51N2O+. The number of para-hydroxylation sites is 1. The molecule has 178 valence electrons. The molecule has 3 nitrogen and oxygen atoms in total. The molecule has 0 aliphatic carbocycles. The third-order valence-corrected chi connectivity index (χ3v) is 5.80. The minimum Gasteiger partial charge on any atom is -0.508 e. The number of nitrogens with zero attached hydrogens (tertiary/aromatic N) is 1. The molecule has 0 heterocycles. The number of phenolic OH excluding ortho intramolecular Hbond substituents is 1. The lowest BCUT2D eigenvalue weighted by Gasteiger charge is -2.27. The Labute approximate surface area is 193 Å². The van der Waals surface area contributed by atoms with Gasteiger partial charge in [0.05, 0.1) is 7.05 Å². The third-order valence-electron chi connectivity index (χ3n) is 5.80. The highest BCUT2D eigenvalue weighted by Crippen LogP contribution is 2.33. The molecule has 0 unspecified atom stereocenters. The number of benzene rings is 2. The van der Waals surface area contributed by atoms with Gasteiger partial charge in [0.25, 0.3) is 0 Å². The van der Waals surface area contributed by atoms with Crippen molar-refractivity contribution in [3.63, 3.8) is 0 Å². The van der Waals surface area contributed by atoms with Crippen LogP contribution in [0.3, 0.4) is 0 Å². The summed E-state index contributed by atoms with van der Waals surface area (Å²) in [5, 5.41) is 11.7. The van der Waals surface area contributed by atoms with Gasteiger partial charge in [-0.1, -0.05) is 72.7 Å². The Bertz CT molecular complexity index is 689. The van der Waals surface area contributed by atoms with Crippen LogP contribution in [0.2, 0.25) is 0 Å². The minimum atomic E-state index is 0.336. The molecule has 31 heavy (non-hydrogen) atoms. The molecule has 0 saturated heterocycles. The Balaban J connectivity index is 0. The average Bonchev–Trinajstić information content (AvgIpc) is 2.84. The molecule has 0 saturated carbocycles. The van der Waals surface area contributed by atoms with Crippen molar-refractivity contribution in [2.75, 3.05) is 25.0 Å². The summed E-state index contributed by atoms with van der Waals surface area (Å²) in [6.07, 6.45) is 2.41. The predicted molar refractivity (Wildman–Crippen MR) is 141 cm³/mol. The highest BCUT2D eigenvalue weighted by atomic mass is 16.3. The number of anilines is 1. The number of hydrogen-bond donors (Lipinski definition) is 2. The van der Waals surface area contributed by atoms with Crippen LogP contribution in [-0.2, 0) is 5.41 Å². The first kappa shape index (κ1) is 31.2. The van der Waals surface area contributed by atoms with E-state index < -0.39 is 0 Å². The number of aryl methyl sites for hydroxylation is 1. The maximum absolute atomic E-state index is 9.51. The molecular weight excluding hydrogens is 380 g/mol. The van der Waals surface area contributed by atoms with Crippen LogP contribution in [0.15, 0.2) is 42.5 Å². The van der Waals surface area contributed by atoms with E-state index in [-0.39, 0.29) is 0 Å². The average molecular weight is 432 g/mol. The lowest BCUT2D eigenvalue weighted by molar-refractivity contribution is -0.540. The van der Waals surface area contributed by atoms with E-state index in [1.165, 1.54) is 24.1 Å². The molecule has 0 atom stereocenters. The summed E-state index contributed by atoms with van der Waals surface area (Å²) >= 11 is 0. The van der Waals surface area contributed by atoms with E-state index >= 15 is 0 Å². The maximum Gasteiger partial charge on any atom is 0.133 e. The van der Waals surface area contributed by atoms with Crippen LogP contribution in [0.25, 0.3) is 0 Å². The van der Waals surface area contributed by atoms with E-state index in [1.807, 2.05) is 52.8 Å². The van der Waals surface area contributed by atoms with Crippen molar-refractivity contribution in [1.29, 1.82) is 0 Å². The van der Waals surface area contributed by atoms with Gasteiger partial charge in [-0.25, -0.2) is 0 Å². The molecule has 0 bridgehead atoms. The third kappa shape index (κ3) is 9.78. The zero-order chi connectivity index (χ0) is 24.4. The summed E-state index contributed by atoms with van der Waals surface area (Å²) < 4.78 is 0. The quantitative estimate of drug-likeness (QED) is 0.455. The zero-order valence-corrected chi connectivity index (χ0v) is 22.3. The Morgan fingerprint density at radius 3 is 1.81 bits per heavy atom. The van der Waals surface area contributed by atoms with Crippen molar-refractivity contribution < 1.29 is 10.4 Å². The second-order valence-corrected chi connectivity index (χ2v) is 7.29. The van der Waals surface area contributed by atoms with Crippen molar-refractivity contribution in [2.24, 2.45) is 0 Å². The summed E-state index contributed by atoms with van der Waals surface area (Å²) in [5.74, 6) is 0.379. The van der Waals surface area contributed by atoms with E-state index in [4.69, 9.17) is 0 Å². The number of rotatable bonds is 7. The lowest BCUT2D eigenvalue weighted by Crippen LogP contribution is -2.73. The summed E-state index contributed by atoms with van der Waals surface area (Å²) in [6, 6.07) is 14.5. The van der Waals surface area contributed by atoms with Crippen LogP contribution in [0.4, 0.5) is 11.4 Å². The van der Waals surface area contributed by atoms with Gasteiger partial charge in [0.2, 0.25) is 0 Å². The first-order chi connectivity index (χ1) is 14.9. The van der Waals surface area contributed by atoms with Crippen LogP contribution >= 0.6 is 0 Å². The van der Waals surface area contributed by atoms with Crippen molar-refractivity contribution in [3.05, 3.63) is 53.6 Å². The standard InChI is InChI=1S/C13H21N.C11H17NO.2C2H6/c1-5-13(3,6-2)11-9-7-8-10-12(11)14-4;1-4-12(5-2)10-7-6-9(3)11(13)8-10;2*1-2/h7-10,14H,5-6H2,1-4H3;6-8,13H,4-5H2,1-3H3;2*1-2H3/p+1. The van der Waals surface area contributed by atoms with E-state index in [9.17, 15) is 5.11 Å². The topological polar surface area (TPSA) is 40.1 Å².